The second-order valence-corrected chi connectivity index (χ2v) is 3.42. The van der Waals surface area contributed by atoms with Crippen molar-refractivity contribution in [1.82, 2.24) is 0 Å². The first-order valence-electron chi connectivity index (χ1n) is 4.73. The van der Waals surface area contributed by atoms with E-state index < -0.39 is 0 Å². The van der Waals surface area contributed by atoms with Gasteiger partial charge in [-0.05, 0) is 33.7 Å². The first-order chi connectivity index (χ1) is 6.95. The van der Waals surface area contributed by atoms with E-state index in [1.807, 2.05) is 6.07 Å². The molecule has 0 N–H and O–H groups in total. The first-order valence-corrected chi connectivity index (χ1v) is 4.73. The molecule has 0 saturated heterocycles. The van der Waals surface area contributed by atoms with Gasteiger partial charge in [0.15, 0.2) is 0 Å². The maximum atomic E-state index is 3.29. The Morgan fingerprint density at radius 3 is 2.19 bits per heavy atom. The Labute approximate surface area is 125 Å². The molecule has 0 heterocycles. The van der Waals surface area contributed by atoms with Gasteiger partial charge in [-0.1, -0.05) is 48.5 Å². The van der Waals surface area contributed by atoms with Crippen molar-refractivity contribution in [1.29, 1.82) is 0 Å². The van der Waals surface area contributed by atoms with E-state index in [1.165, 1.54) is 21.5 Å². The average molecular weight is 370 g/mol. The summed E-state index contributed by atoms with van der Waals surface area (Å²) in [4.78, 5) is 0. The molecule has 0 bridgehead atoms. The van der Waals surface area contributed by atoms with Gasteiger partial charge in [0.05, 0.1) is 0 Å². The fourth-order valence-corrected chi connectivity index (χ4v) is 1.87. The molecule has 3 aromatic carbocycles. The van der Waals surface area contributed by atoms with Crippen LogP contribution in [0.4, 0.5) is 0 Å². The van der Waals surface area contributed by atoms with Crippen LogP contribution >= 0.6 is 0 Å². The van der Waals surface area contributed by atoms with Crippen molar-refractivity contribution in [2.24, 2.45) is 0 Å². The van der Waals surface area contributed by atoms with Gasteiger partial charge in [-0.3, -0.25) is 0 Å². The molecule has 1 radical (unpaired) electrons. The van der Waals surface area contributed by atoms with Gasteiger partial charge in [0, 0.05) is 19.5 Å². The zero-order valence-electron chi connectivity index (χ0n) is 8.78. The third-order valence-electron chi connectivity index (χ3n) is 2.56. The van der Waals surface area contributed by atoms with Gasteiger partial charge in [0.2, 0.25) is 0 Å². The molecule has 3 rings (SSSR count). The van der Waals surface area contributed by atoms with Crippen LogP contribution in [0.5, 0.6) is 0 Å². The molecule has 16 heavy (non-hydrogen) atoms. The third kappa shape index (κ3) is 2.28. The van der Waals surface area contributed by atoms with Crippen LogP contribution in [0.1, 0.15) is 0 Å². The number of halogens is 1. The summed E-state index contributed by atoms with van der Waals surface area (Å²) in [5.41, 5.74) is 0. The maximum absolute atomic E-state index is 3.29. The molecular formula is C14H9IZn-. The van der Waals surface area contributed by atoms with Crippen molar-refractivity contribution in [3.8, 4) is 0 Å². The number of fused-ring (bicyclic) bond motifs is 3. The third-order valence-corrected chi connectivity index (χ3v) is 2.56. The SMILES string of the molecule is [I-].[Zn].[c]1cc2ccccc2c2ccccc12. The summed E-state index contributed by atoms with van der Waals surface area (Å²) >= 11 is 0. The molecule has 0 fully saturated rings. The Kier molecular flexibility index (Phi) is 4.88. The Morgan fingerprint density at radius 1 is 0.750 bits per heavy atom. The molecular weight excluding hydrogens is 360 g/mol. The van der Waals surface area contributed by atoms with Gasteiger partial charge in [0.25, 0.3) is 0 Å². The molecule has 0 aliphatic carbocycles. The van der Waals surface area contributed by atoms with Gasteiger partial charge >= 0.3 is 0 Å². The summed E-state index contributed by atoms with van der Waals surface area (Å²) in [6.45, 7) is 0. The molecule has 75 valence electrons. The summed E-state index contributed by atoms with van der Waals surface area (Å²) in [7, 11) is 0. The smallest absolute Gasteiger partial charge is 0 e. The number of benzene rings is 3. The van der Waals surface area contributed by atoms with E-state index >= 15 is 0 Å². The number of rotatable bonds is 0. The Morgan fingerprint density at radius 2 is 1.38 bits per heavy atom. The minimum atomic E-state index is 0. The predicted molar refractivity (Wildman–Crippen MR) is 60.3 cm³/mol. The van der Waals surface area contributed by atoms with Gasteiger partial charge in [-0.15, -0.1) is 0 Å². The zero-order valence-corrected chi connectivity index (χ0v) is 13.9. The molecule has 3 aromatic rings. The summed E-state index contributed by atoms with van der Waals surface area (Å²) in [6, 6.07) is 22.1. The Bertz CT molecular complexity index is 550. The molecule has 0 aromatic heterocycles. The van der Waals surface area contributed by atoms with Crippen LogP contribution in [-0.2, 0) is 19.5 Å². The van der Waals surface area contributed by atoms with Crippen molar-refractivity contribution in [2.75, 3.05) is 0 Å². The van der Waals surface area contributed by atoms with E-state index in [0.29, 0.717) is 0 Å². The van der Waals surface area contributed by atoms with Crippen molar-refractivity contribution in [3.05, 3.63) is 60.7 Å². The minimum Gasteiger partial charge on any atom is -1.00 e. The molecule has 0 nitrogen and oxygen atoms in total. The Balaban J connectivity index is 0.000000640. The van der Waals surface area contributed by atoms with Crippen molar-refractivity contribution in [2.45, 2.75) is 0 Å². The van der Waals surface area contributed by atoms with Crippen LogP contribution in [0, 0.1) is 6.07 Å². The second-order valence-electron chi connectivity index (χ2n) is 3.42. The summed E-state index contributed by atoms with van der Waals surface area (Å²) in [5, 5.41) is 5.03. The van der Waals surface area contributed by atoms with Gasteiger partial charge < -0.3 is 24.0 Å². The van der Waals surface area contributed by atoms with Gasteiger partial charge in [0.1, 0.15) is 0 Å². The largest absolute Gasteiger partial charge is 1.00 e. The molecule has 0 saturated carbocycles. The maximum Gasteiger partial charge on any atom is 0 e. The van der Waals surface area contributed by atoms with E-state index in [9.17, 15) is 0 Å². The average Bonchev–Trinajstić information content (AvgIpc) is 2.29. The second kappa shape index (κ2) is 5.74. The Hall–Kier alpha value is -0.467. The number of hydrogen-bond acceptors (Lipinski definition) is 0. The summed E-state index contributed by atoms with van der Waals surface area (Å²) in [6.07, 6.45) is 0. The van der Waals surface area contributed by atoms with Crippen LogP contribution in [-0.4, -0.2) is 0 Å². The van der Waals surface area contributed by atoms with E-state index in [0.717, 1.165) is 0 Å². The quantitative estimate of drug-likeness (QED) is 0.312. The van der Waals surface area contributed by atoms with Crippen LogP contribution in [0.25, 0.3) is 21.5 Å². The molecule has 0 atom stereocenters. The van der Waals surface area contributed by atoms with E-state index in [-0.39, 0.29) is 43.5 Å². The van der Waals surface area contributed by atoms with Crippen LogP contribution in [0.2, 0.25) is 0 Å². The van der Waals surface area contributed by atoms with Crippen molar-refractivity contribution in [3.63, 3.8) is 0 Å². The van der Waals surface area contributed by atoms with E-state index in [4.69, 9.17) is 0 Å². The van der Waals surface area contributed by atoms with Crippen molar-refractivity contribution >= 4 is 21.5 Å². The normalized spacial score (nSPS) is 9.50. The molecule has 0 amide bonds. The number of hydrogen-bond donors (Lipinski definition) is 0. The topological polar surface area (TPSA) is 0 Å². The standard InChI is InChI=1S/C14H9.HI.Zn/c1-3-7-13-11(5-1)9-10-12-6-2-4-8-14(12)13;;/h1-9H;1H;/p-1. The van der Waals surface area contributed by atoms with Crippen LogP contribution in [0.3, 0.4) is 0 Å². The molecule has 2 heteroatoms. The molecule has 0 aliphatic heterocycles. The zero-order chi connectivity index (χ0) is 9.38. The summed E-state index contributed by atoms with van der Waals surface area (Å²) < 4.78 is 0. The fourth-order valence-electron chi connectivity index (χ4n) is 1.87. The monoisotopic (exact) mass is 368 g/mol. The van der Waals surface area contributed by atoms with E-state index in [2.05, 4.69) is 54.6 Å². The van der Waals surface area contributed by atoms with Crippen molar-refractivity contribution < 1.29 is 43.5 Å². The van der Waals surface area contributed by atoms with Gasteiger partial charge in [-0.2, -0.15) is 0 Å². The minimum absolute atomic E-state index is 0. The van der Waals surface area contributed by atoms with E-state index in [1.54, 1.807) is 0 Å². The molecule has 0 spiro atoms. The van der Waals surface area contributed by atoms with Crippen LogP contribution < -0.4 is 24.0 Å². The summed E-state index contributed by atoms with van der Waals surface area (Å²) in [5.74, 6) is 0. The van der Waals surface area contributed by atoms with Crippen LogP contribution in [0.15, 0.2) is 54.6 Å². The molecule has 0 aliphatic rings. The predicted octanol–water partition coefficient (Wildman–Crippen LogP) is 0.795. The molecule has 0 unspecified atom stereocenters. The fraction of sp³-hybridized carbons (Fsp3) is 0. The first kappa shape index (κ1) is 13.6. The van der Waals surface area contributed by atoms with Gasteiger partial charge in [-0.25, -0.2) is 0 Å².